The first-order chi connectivity index (χ1) is 10.6. The van der Waals surface area contributed by atoms with E-state index >= 15 is 0 Å². The molecule has 2 amide bonds. The Bertz CT molecular complexity index is 733. The lowest BCUT2D eigenvalue weighted by atomic mass is 10.2. The fourth-order valence-electron chi connectivity index (χ4n) is 1.78. The first kappa shape index (κ1) is 15.1. The van der Waals surface area contributed by atoms with Crippen LogP contribution in [-0.2, 0) is 4.79 Å². The standard InChI is InChI=1S/C16H13N3O3/c17-10-9-15(21)18-11-5-7-12(8-6-11)19-16(22)13-3-1-2-4-14(13)20/h1-8,20H,9H2,(H,18,21)(H,19,22). The SMILES string of the molecule is N#CCC(=O)Nc1ccc(NC(=O)c2ccccc2O)cc1. The third kappa shape index (κ3) is 3.84. The molecular weight excluding hydrogens is 282 g/mol. The van der Waals surface area contributed by atoms with Crippen LogP contribution in [0.1, 0.15) is 16.8 Å². The van der Waals surface area contributed by atoms with Gasteiger partial charge in [0.2, 0.25) is 5.91 Å². The van der Waals surface area contributed by atoms with Crippen molar-refractivity contribution in [3.8, 4) is 11.8 Å². The Kier molecular flexibility index (Phi) is 4.73. The molecule has 0 aliphatic heterocycles. The highest BCUT2D eigenvalue weighted by Gasteiger charge is 2.10. The molecule has 2 aromatic carbocycles. The van der Waals surface area contributed by atoms with Crippen LogP contribution in [0, 0.1) is 11.3 Å². The van der Waals surface area contributed by atoms with Gasteiger partial charge >= 0.3 is 0 Å². The third-order valence-electron chi connectivity index (χ3n) is 2.81. The summed E-state index contributed by atoms with van der Waals surface area (Å²) in [6, 6.07) is 14.4. The zero-order valence-electron chi connectivity index (χ0n) is 11.5. The molecule has 0 aliphatic carbocycles. The van der Waals surface area contributed by atoms with E-state index in [0.29, 0.717) is 11.4 Å². The molecule has 0 aromatic heterocycles. The summed E-state index contributed by atoms with van der Waals surface area (Å²) in [7, 11) is 0. The van der Waals surface area contributed by atoms with Crippen LogP contribution in [0.3, 0.4) is 0 Å². The lowest BCUT2D eigenvalue weighted by Gasteiger charge is -2.08. The zero-order chi connectivity index (χ0) is 15.9. The average Bonchev–Trinajstić information content (AvgIpc) is 2.50. The summed E-state index contributed by atoms with van der Waals surface area (Å²) in [5.74, 6) is -0.923. The van der Waals surface area contributed by atoms with Gasteiger partial charge in [0.25, 0.3) is 5.91 Å². The Morgan fingerprint density at radius 2 is 1.59 bits per heavy atom. The highest BCUT2D eigenvalue weighted by atomic mass is 16.3. The summed E-state index contributed by atoms with van der Waals surface area (Å²) >= 11 is 0. The first-order valence-corrected chi connectivity index (χ1v) is 6.46. The summed E-state index contributed by atoms with van der Waals surface area (Å²) < 4.78 is 0. The molecule has 2 rings (SSSR count). The van der Waals surface area contributed by atoms with Gasteiger partial charge in [-0.05, 0) is 36.4 Å². The first-order valence-electron chi connectivity index (χ1n) is 6.46. The van der Waals surface area contributed by atoms with Crippen LogP contribution in [0.2, 0.25) is 0 Å². The number of phenols is 1. The minimum Gasteiger partial charge on any atom is -0.507 e. The second-order valence-electron chi connectivity index (χ2n) is 4.43. The number of hydrogen-bond donors (Lipinski definition) is 3. The smallest absolute Gasteiger partial charge is 0.259 e. The molecule has 0 bridgehead atoms. The van der Waals surface area contributed by atoms with Gasteiger partial charge in [-0.15, -0.1) is 0 Å². The zero-order valence-corrected chi connectivity index (χ0v) is 11.5. The molecular formula is C16H13N3O3. The molecule has 0 spiro atoms. The van der Waals surface area contributed by atoms with E-state index in [9.17, 15) is 14.7 Å². The van der Waals surface area contributed by atoms with Crippen molar-refractivity contribution >= 4 is 23.2 Å². The Labute approximate surface area is 127 Å². The number of para-hydroxylation sites is 1. The van der Waals surface area contributed by atoms with E-state index in [4.69, 9.17) is 5.26 Å². The van der Waals surface area contributed by atoms with Gasteiger partial charge in [0.05, 0.1) is 11.6 Å². The average molecular weight is 295 g/mol. The number of nitrogens with one attached hydrogen (secondary N) is 2. The predicted molar refractivity (Wildman–Crippen MR) is 81.4 cm³/mol. The molecule has 0 atom stereocenters. The molecule has 0 saturated heterocycles. The second-order valence-corrected chi connectivity index (χ2v) is 4.43. The molecule has 22 heavy (non-hydrogen) atoms. The van der Waals surface area contributed by atoms with E-state index in [1.165, 1.54) is 12.1 Å². The normalized spacial score (nSPS) is 9.59. The Hall–Kier alpha value is -3.33. The van der Waals surface area contributed by atoms with Crippen molar-refractivity contribution < 1.29 is 14.7 Å². The molecule has 2 aromatic rings. The van der Waals surface area contributed by atoms with Crippen LogP contribution in [0.5, 0.6) is 5.75 Å². The molecule has 3 N–H and O–H groups in total. The Balaban J connectivity index is 2.03. The van der Waals surface area contributed by atoms with Crippen molar-refractivity contribution in [2.24, 2.45) is 0 Å². The van der Waals surface area contributed by atoms with E-state index in [2.05, 4.69) is 10.6 Å². The Morgan fingerprint density at radius 3 is 2.18 bits per heavy atom. The molecule has 0 unspecified atom stereocenters. The lowest BCUT2D eigenvalue weighted by Crippen LogP contribution is -2.12. The van der Waals surface area contributed by atoms with E-state index in [0.717, 1.165) is 0 Å². The van der Waals surface area contributed by atoms with E-state index in [1.54, 1.807) is 42.5 Å². The van der Waals surface area contributed by atoms with Crippen LogP contribution in [0.4, 0.5) is 11.4 Å². The fraction of sp³-hybridized carbons (Fsp3) is 0.0625. The highest BCUT2D eigenvalue weighted by Crippen LogP contribution is 2.19. The molecule has 0 aliphatic rings. The molecule has 0 fully saturated rings. The second kappa shape index (κ2) is 6.90. The topological polar surface area (TPSA) is 102 Å². The van der Waals surface area contributed by atoms with Crippen molar-refractivity contribution in [1.82, 2.24) is 0 Å². The van der Waals surface area contributed by atoms with E-state index in [1.807, 2.05) is 0 Å². The van der Waals surface area contributed by atoms with Crippen LogP contribution in [0.25, 0.3) is 0 Å². The van der Waals surface area contributed by atoms with Crippen LogP contribution < -0.4 is 10.6 Å². The minimum absolute atomic E-state index is 0.0969. The van der Waals surface area contributed by atoms with Crippen molar-refractivity contribution in [3.05, 3.63) is 54.1 Å². The number of carbonyl (C=O) groups is 2. The summed E-state index contributed by atoms with van der Waals surface area (Å²) in [6.07, 6.45) is -0.216. The summed E-state index contributed by atoms with van der Waals surface area (Å²) in [4.78, 5) is 23.3. The third-order valence-corrected chi connectivity index (χ3v) is 2.81. The van der Waals surface area contributed by atoms with Gasteiger partial charge < -0.3 is 15.7 Å². The number of rotatable bonds is 4. The largest absolute Gasteiger partial charge is 0.507 e. The summed E-state index contributed by atoms with van der Waals surface area (Å²) in [5.41, 5.74) is 1.22. The molecule has 0 saturated carbocycles. The fourth-order valence-corrected chi connectivity index (χ4v) is 1.78. The molecule has 6 nitrogen and oxygen atoms in total. The van der Waals surface area contributed by atoms with Crippen molar-refractivity contribution in [3.63, 3.8) is 0 Å². The number of nitrogens with zero attached hydrogens (tertiary/aromatic N) is 1. The predicted octanol–water partition coefficient (Wildman–Crippen LogP) is 2.50. The van der Waals surface area contributed by atoms with Gasteiger partial charge in [0.1, 0.15) is 12.2 Å². The van der Waals surface area contributed by atoms with Gasteiger partial charge in [-0.1, -0.05) is 12.1 Å². The van der Waals surface area contributed by atoms with Gasteiger partial charge in [-0.3, -0.25) is 9.59 Å². The quantitative estimate of drug-likeness (QED) is 0.806. The summed E-state index contributed by atoms with van der Waals surface area (Å²) in [5, 5.41) is 23.2. The van der Waals surface area contributed by atoms with Gasteiger partial charge in [-0.25, -0.2) is 0 Å². The number of carbonyl (C=O) groups excluding carboxylic acids is 2. The van der Waals surface area contributed by atoms with Crippen LogP contribution >= 0.6 is 0 Å². The maximum Gasteiger partial charge on any atom is 0.259 e. The van der Waals surface area contributed by atoms with Crippen LogP contribution in [-0.4, -0.2) is 16.9 Å². The van der Waals surface area contributed by atoms with E-state index in [-0.39, 0.29) is 17.7 Å². The highest BCUT2D eigenvalue weighted by molar-refractivity contribution is 6.06. The van der Waals surface area contributed by atoms with E-state index < -0.39 is 11.8 Å². The number of benzene rings is 2. The molecule has 6 heteroatoms. The maximum atomic E-state index is 12.0. The number of nitriles is 1. The van der Waals surface area contributed by atoms with Crippen molar-refractivity contribution in [2.45, 2.75) is 6.42 Å². The van der Waals surface area contributed by atoms with Crippen molar-refractivity contribution in [1.29, 1.82) is 5.26 Å². The van der Waals surface area contributed by atoms with Crippen molar-refractivity contribution in [2.75, 3.05) is 10.6 Å². The molecule has 0 radical (unpaired) electrons. The number of aromatic hydroxyl groups is 1. The van der Waals surface area contributed by atoms with Gasteiger partial charge in [0.15, 0.2) is 0 Å². The maximum absolute atomic E-state index is 12.0. The number of anilines is 2. The number of phenolic OH excluding ortho intramolecular Hbond substituents is 1. The molecule has 110 valence electrons. The van der Waals surface area contributed by atoms with Gasteiger partial charge in [0, 0.05) is 11.4 Å². The lowest BCUT2D eigenvalue weighted by molar-refractivity contribution is -0.115. The monoisotopic (exact) mass is 295 g/mol. The molecule has 0 heterocycles. The number of amides is 2. The van der Waals surface area contributed by atoms with Gasteiger partial charge in [-0.2, -0.15) is 5.26 Å². The summed E-state index contributed by atoms with van der Waals surface area (Å²) in [6.45, 7) is 0. The number of hydrogen-bond acceptors (Lipinski definition) is 4. The minimum atomic E-state index is -0.431. The Morgan fingerprint density at radius 1 is 1.00 bits per heavy atom. The van der Waals surface area contributed by atoms with Crippen LogP contribution in [0.15, 0.2) is 48.5 Å².